The number of hydrogen-bond donors (Lipinski definition) is 1. The number of carbonyl (C=O) groups is 1. The quantitative estimate of drug-likeness (QED) is 0.280. The van der Waals surface area contributed by atoms with E-state index in [2.05, 4.69) is 9.88 Å². The molecule has 0 bridgehead atoms. The molecule has 4 atom stereocenters. The van der Waals surface area contributed by atoms with Crippen molar-refractivity contribution < 1.29 is 32.9 Å². The number of rotatable bonds is 10. The van der Waals surface area contributed by atoms with Crippen LogP contribution in [0.25, 0.3) is 11.0 Å². The van der Waals surface area contributed by atoms with Gasteiger partial charge in [0.25, 0.3) is 0 Å². The van der Waals surface area contributed by atoms with Crippen LogP contribution < -0.4 is 9.47 Å². The Morgan fingerprint density at radius 1 is 1.14 bits per heavy atom. The van der Waals surface area contributed by atoms with Crippen LogP contribution in [0.4, 0.5) is 8.78 Å². The lowest BCUT2D eigenvalue weighted by atomic mass is 10.1. The number of hydrogen-bond acceptors (Lipinski definition) is 8. The number of benzene rings is 2. The lowest BCUT2D eigenvalue weighted by Gasteiger charge is -2.28. The summed E-state index contributed by atoms with van der Waals surface area (Å²) in [4.78, 5) is 23.4. The number of methoxy groups -OCH3 is 1. The van der Waals surface area contributed by atoms with E-state index in [0.29, 0.717) is 42.2 Å². The number of carboxylic acids is 1. The van der Waals surface area contributed by atoms with Gasteiger partial charge in [0.2, 0.25) is 5.88 Å². The molecule has 12 heteroatoms. The highest BCUT2D eigenvalue weighted by atomic mass is 19.1. The van der Waals surface area contributed by atoms with Gasteiger partial charge in [-0.25, -0.2) is 23.5 Å². The van der Waals surface area contributed by atoms with E-state index in [-0.39, 0.29) is 53.0 Å². The van der Waals surface area contributed by atoms with Gasteiger partial charge in [0, 0.05) is 37.2 Å². The second-order valence-corrected chi connectivity index (χ2v) is 11.5. The number of fused-ring (bicyclic) bond motifs is 2. The van der Waals surface area contributed by atoms with Gasteiger partial charge in [-0.1, -0.05) is 6.07 Å². The van der Waals surface area contributed by atoms with Crippen LogP contribution in [-0.2, 0) is 24.4 Å². The molecule has 226 valence electrons. The Labute approximate surface area is 251 Å². The van der Waals surface area contributed by atoms with Crippen molar-refractivity contribution in [3.63, 3.8) is 0 Å². The van der Waals surface area contributed by atoms with Crippen molar-refractivity contribution in [1.82, 2.24) is 19.4 Å². The molecule has 2 saturated heterocycles. The van der Waals surface area contributed by atoms with Crippen LogP contribution in [0.3, 0.4) is 0 Å². The van der Waals surface area contributed by atoms with Crippen molar-refractivity contribution in [2.75, 3.05) is 26.8 Å². The third-order valence-electron chi connectivity index (χ3n) is 8.90. The Morgan fingerprint density at radius 2 is 1.93 bits per heavy atom. The molecular weight excluding hydrogens is 572 g/mol. The van der Waals surface area contributed by atoms with Crippen molar-refractivity contribution in [3.05, 3.63) is 82.3 Å². The van der Waals surface area contributed by atoms with E-state index in [1.165, 1.54) is 37.4 Å². The molecule has 2 unspecified atom stereocenters. The molecule has 2 aromatic carbocycles. The summed E-state index contributed by atoms with van der Waals surface area (Å²) in [5.41, 5.74) is 2.29. The zero-order valence-corrected chi connectivity index (χ0v) is 23.9. The second kappa shape index (κ2) is 11.2. The molecule has 1 N–H and O–H groups in total. The number of aromatic carboxylic acids is 1. The van der Waals surface area contributed by atoms with E-state index < -0.39 is 17.6 Å². The highest BCUT2D eigenvalue weighted by Gasteiger charge is 2.58. The number of pyridine rings is 1. The minimum atomic E-state index is -1.04. The van der Waals surface area contributed by atoms with E-state index in [4.69, 9.17) is 24.5 Å². The molecule has 3 fully saturated rings. The summed E-state index contributed by atoms with van der Waals surface area (Å²) in [6.45, 7) is 3.19. The lowest BCUT2D eigenvalue weighted by Crippen LogP contribution is -2.33. The topological polar surface area (TPSA) is 123 Å². The summed E-state index contributed by atoms with van der Waals surface area (Å²) < 4.78 is 48.1. The van der Waals surface area contributed by atoms with Crippen LogP contribution in [0.2, 0.25) is 0 Å². The molecule has 3 aliphatic rings. The SMILES string of the molecule is COc1cc(C(=O)O)cc2c1nc(CN1C[C@@H]3C(c4nc(OCc5ccc(C#N)cc5F)ccc4F)[C@@H]3C1)n2CC1CCO1. The summed E-state index contributed by atoms with van der Waals surface area (Å²) in [5, 5.41) is 18.6. The number of imidazole rings is 1. The highest BCUT2D eigenvalue weighted by Crippen LogP contribution is 2.58. The number of ether oxygens (including phenoxy) is 3. The third-order valence-corrected chi connectivity index (χ3v) is 8.90. The number of nitrogens with zero attached hydrogens (tertiary/aromatic N) is 5. The predicted molar refractivity (Wildman–Crippen MR) is 152 cm³/mol. The van der Waals surface area contributed by atoms with Gasteiger partial charge in [-0.2, -0.15) is 5.26 Å². The van der Waals surface area contributed by atoms with E-state index >= 15 is 0 Å². The third kappa shape index (κ3) is 5.12. The molecule has 44 heavy (non-hydrogen) atoms. The largest absolute Gasteiger partial charge is 0.494 e. The Morgan fingerprint density at radius 3 is 2.59 bits per heavy atom. The number of aromatic nitrogens is 3. The zero-order valence-electron chi connectivity index (χ0n) is 23.9. The summed E-state index contributed by atoms with van der Waals surface area (Å²) in [7, 11) is 1.50. The molecule has 0 radical (unpaired) electrons. The fourth-order valence-electron chi connectivity index (χ4n) is 6.46. The first-order valence-electron chi connectivity index (χ1n) is 14.4. The smallest absolute Gasteiger partial charge is 0.335 e. The Bertz CT molecular complexity index is 1810. The summed E-state index contributed by atoms with van der Waals surface area (Å²) in [6, 6.07) is 11.9. The van der Waals surface area contributed by atoms with Gasteiger partial charge >= 0.3 is 5.97 Å². The highest BCUT2D eigenvalue weighted by molar-refractivity contribution is 5.95. The lowest BCUT2D eigenvalue weighted by molar-refractivity contribution is -0.0591. The summed E-state index contributed by atoms with van der Waals surface area (Å²) in [5.74, 6) is -0.145. The maximum Gasteiger partial charge on any atom is 0.335 e. The first kappa shape index (κ1) is 28.2. The van der Waals surface area contributed by atoms with Crippen LogP contribution in [-0.4, -0.2) is 63.4 Å². The molecule has 1 aliphatic carbocycles. The van der Waals surface area contributed by atoms with Crippen LogP contribution in [0, 0.1) is 34.8 Å². The molecule has 10 nitrogen and oxygen atoms in total. The number of piperidine rings is 1. The molecule has 7 rings (SSSR count). The Hall–Kier alpha value is -4.60. The molecule has 1 saturated carbocycles. The van der Waals surface area contributed by atoms with E-state index in [9.17, 15) is 18.7 Å². The van der Waals surface area contributed by atoms with E-state index in [1.807, 2.05) is 10.6 Å². The van der Waals surface area contributed by atoms with Gasteiger partial charge in [-0.05, 0) is 48.6 Å². The second-order valence-electron chi connectivity index (χ2n) is 11.5. The minimum Gasteiger partial charge on any atom is -0.494 e. The molecular formula is C32H29F2N5O5. The van der Waals surface area contributed by atoms with Gasteiger partial charge in [0.05, 0.1) is 54.7 Å². The van der Waals surface area contributed by atoms with Crippen LogP contribution in [0.5, 0.6) is 11.6 Å². The van der Waals surface area contributed by atoms with E-state index in [1.54, 1.807) is 6.07 Å². The predicted octanol–water partition coefficient (Wildman–Crippen LogP) is 4.50. The molecule has 4 heterocycles. The van der Waals surface area contributed by atoms with Gasteiger partial charge in [-0.15, -0.1) is 0 Å². The van der Waals surface area contributed by atoms with Gasteiger partial charge in [-0.3, -0.25) is 4.90 Å². The summed E-state index contributed by atoms with van der Waals surface area (Å²) >= 11 is 0. The number of halogens is 2. The molecule has 0 spiro atoms. The average molecular weight is 602 g/mol. The average Bonchev–Trinajstić information content (AvgIpc) is 3.30. The van der Waals surface area contributed by atoms with Gasteiger partial charge < -0.3 is 23.9 Å². The first-order chi connectivity index (χ1) is 21.3. The van der Waals surface area contributed by atoms with Crippen molar-refractivity contribution >= 4 is 17.0 Å². The maximum atomic E-state index is 14.9. The fraction of sp³-hybridized carbons (Fsp3) is 0.375. The first-order valence-corrected chi connectivity index (χ1v) is 14.4. The number of nitriles is 1. The van der Waals surface area contributed by atoms with Gasteiger partial charge in [0.1, 0.15) is 35.3 Å². The van der Waals surface area contributed by atoms with Crippen LogP contribution in [0.15, 0.2) is 42.5 Å². The van der Waals surface area contributed by atoms with Gasteiger partial charge in [0.15, 0.2) is 0 Å². The number of likely N-dealkylation sites (tertiary alicyclic amines) is 1. The Kier molecular flexibility index (Phi) is 7.14. The monoisotopic (exact) mass is 601 g/mol. The van der Waals surface area contributed by atoms with Crippen molar-refractivity contribution in [1.29, 1.82) is 5.26 Å². The van der Waals surface area contributed by atoms with Crippen molar-refractivity contribution in [2.24, 2.45) is 11.8 Å². The molecule has 0 amide bonds. The standard InChI is InChI=1S/C32H29F2N5O5/c1-42-26-10-19(32(40)41)9-25-31(26)36-27(39(25)12-20-6-7-43-20)15-38-13-21-22(14-38)29(21)30-23(33)4-5-28(37-30)44-16-18-3-2-17(11-35)8-24(18)34/h2-5,8-10,20-22,29H,6-7,12-16H2,1H3,(H,40,41)/t20?,21-,22+,29?. The van der Waals surface area contributed by atoms with Crippen molar-refractivity contribution in [3.8, 4) is 17.7 Å². The maximum absolute atomic E-state index is 14.9. The van der Waals surface area contributed by atoms with Crippen LogP contribution >= 0.6 is 0 Å². The van der Waals surface area contributed by atoms with Crippen molar-refractivity contribution in [2.45, 2.75) is 38.1 Å². The molecule has 2 aromatic heterocycles. The number of carboxylic acid groups (broad SMARTS) is 1. The normalized spacial score (nSPS) is 22.3. The molecule has 2 aliphatic heterocycles. The Balaban J connectivity index is 1.06. The van der Waals surface area contributed by atoms with Crippen LogP contribution in [0.1, 0.15) is 45.3 Å². The summed E-state index contributed by atoms with van der Waals surface area (Å²) in [6.07, 6.45) is 0.965. The van der Waals surface area contributed by atoms with E-state index in [0.717, 1.165) is 31.4 Å². The zero-order chi connectivity index (χ0) is 30.5. The minimum absolute atomic E-state index is 0.0399. The fourth-order valence-corrected chi connectivity index (χ4v) is 6.46. The molecule has 4 aromatic rings.